The number of fused-ring (bicyclic) bond motifs is 1. The second kappa shape index (κ2) is 7.23. The van der Waals surface area contributed by atoms with Crippen LogP contribution in [0.2, 0.25) is 0 Å². The number of thiazole rings is 1. The molecule has 0 unspecified atom stereocenters. The van der Waals surface area contributed by atoms with E-state index >= 15 is 0 Å². The van der Waals surface area contributed by atoms with Crippen LogP contribution in [0, 0.1) is 0 Å². The summed E-state index contributed by atoms with van der Waals surface area (Å²) in [5, 5.41) is 1.07. The topological polar surface area (TPSA) is 36.4 Å². The molecule has 128 valence electrons. The molecule has 5 heteroatoms. The van der Waals surface area contributed by atoms with Crippen LogP contribution in [0.3, 0.4) is 0 Å². The summed E-state index contributed by atoms with van der Waals surface area (Å²) < 4.78 is 1.22. The Balaban J connectivity index is 1.32. The number of benzene rings is 2. The zero-order chi connectivity index (χ0) is 17.1. The van der Waals surface area contributed by atoms with Crippen LogP contribution in [-0.2, 0) is 11.2 Å². The SMILES string of the molecule is O=C(CCc1ccccc1)N1CCN(c2nc3ccccc3s2)CC1. The first-order chi connectivity index (χ1) is 12.3. The number of aryl methyl sites for hydroxylation is 1. The molecule has 0 atom stereocenters. The number of para-hydroxylation sites is 1. The minimum atomic E-state index is 0.257. The molecule has 0 N–H and O–H groups in total. The first-order valence-electron chi connectivity index (χ1n) is 8.72. The quantitative estimate of drug-likeness (QED) is 0.721. The van der Waals surface area contributed by atoms with Gasteiger partial charge in [0.1, 0.15) is 0 Å². The van der Waals surface area contributed by atoms with Crippen molar-refractivity contribution in [1.29, 1.82) is 0 Å². The van der Waals surface area contributed by atoms with Crippen molar-refractivity contribution in [3.05, 3.63) is 60.2 Å². The van der Waals surface area contributed by atoms with Crippen molar-refractivity contribution in [2.75, 3.05) is 31.1 Å². The van der Waals surface area contributed by atoms with E-state index in [1.165, 1.54) is 10.3 Å². The molecule has 4 rings (SSSR count). The fourth-order valence-corrected chi connectivity index (χ4v) is 4.21. The standard InChI is InChI=1S/C20H21N3OS/c24-19(11-10-16-6-2-1-3-7-16)22-12-14-23(15-13-22)20-21-17-8-4-5-9-18(17)25-20/h1-9H,10-15H2. The van der Waals surface area contributed by atoms with Crippen molar-refractivity contribution in [3.8, 4) is 0 Å². The highest BCUT2D eigenvalue weighted by Crippen LogP contribution is 2.29. The van der Waals surface area contributed by atoms with Gasteiger partial charge in [-0.3, -0.25) is 4.79 Å². The highest BCUT2D eigenvalue weighted by Gasteiger charge is 2.22. The molecule has 0 saturated carbocycles. The Morgan fingerprint density at radius 1 is 0.960 bits per heavy atom. The highest BCUT2D eigenvalue weighted by molar-refractivity contribution is 7.22. The third-order valence-electron chi connectivity index (χ3n) is 4.66. The van der Waals surface area contributed by atoms with Crippen LogP contribution in [0.5, 0.6) is 0 Å². The second-order valence-electron chi connectivity index (χ2n) is 6.32. The van der Waals surface area contributed by atoms with Crippen LogP contribution in [0.15, 0.2) is 54.6 Å². The minimum Gasteiger partial charge on any atom is -0.345 e. The average Bonchev–Trinajstić information content (AvgIpc) is 3.11. The van der Waals surface area contributed by atoms with Gasteiger partial charge in [-0.15, -0.1) is 0 Å². The van der Waals surface area contributed by atoms with Crippen molar-refractivity contribution >= 4 is 32.6 Å². The first kappa shape index (κ1) is 16.1. The van der Waals surface area contributed by atoms with Crippen molar-refractivity contribution in [1.82, 2.24) is 9.88 Å². The monoisotopic (exact) mass is 351 g/mol. The van der Waals surface area contributed by atoms with Gasteiger partial charge in [-0.2, -0.15) is 0 Å². The van der Waals surface area contributed by atoms with Gasteiger partial charge in [-0.1, -0.05) is 53.8 Å². The average molecular weight is 351 g/mol. The first-order valence-corrected chi connectivity index (χ1v) is 9.53. The summed E-state index contributed by atoms with van der Waals surface area (Å²) in [5.41, 5.74) is 2.29. The van der Waals surface area contributed by atoms with Gasteiger partial charge in [0, 0.05) is 32.6 Å². The summed E-state index contributed by atoms with van der Waals surface area (Å²) in [5.74, 6) is 0.257. The van der Waals surface area contributed by atoms with E-state index in [4.69, 9.17) is 4.98 Å². The van der Waals surface area contributed by atoms with Crippen LogP contribution in [-0.4, -0.2) is 42.0 Å². The zero-order valence-electron chi connectivity index (χ0n) is 14.1. The molecule has 0 radical (unpaired) electrons. The molecule has 3 aromatic rings. The van der Waals surface area contributed by atoms with E-state index in [1.54, 1.807) is 11.3 Å². The van der Waals surface area contributed by atoms with E-state index in [0.717, 1.165) is 43.2 Å². The lowest BCUT2D eigenvalue weighted by Crippen LogP contribution is -2.48. The summed E-state index contributed by atoms with van der Waals surface area (Å²) in [6, 6.07) is 18.5. The number of hydrogen-bond donors (Lipinski definition) is 0. The Morgan fingerprint density at radius 3 is 2.44 bits per heavy atom. The number of carbonyl (C=O) groups excluding carboxylic acids is 1. The van der Waals surface area contributed by atoms with Crippen molar-refractivity contribution in [2.45, 2.75) is 12.8 Å². The zero-order valence-corrected chi connectivity index (χ0v) is 14.9. The number of carbonyl (C=O) groups is 1. The second-order valence-corrected chi connectivity index (χ2v) is 7.33. The number of aromatic nitrogens is 1. The minimum absolute atomic E-state index is 0.257. The molecule has 0 aliphatic carbocycles. The van der Waals surface area contributed by atoms with E-state index < -0.39 is 0 Å². The molecule has 1 amide bonds. The molecule has 1 aliphatic rings. The van der Waals surface area contributed by atoms with Gasteiger partial charge in [0.05, 0.1) is 10.2 Å². The normalized spacial score (nSPS) is 14.9. The molecule has 25 heavy (non-hydrogen) atoms. The van der Waals surface area contributed by atoms with Gasteiger partial charge in [-0.25, -0.2) is 4.98 Å². The number of amides is 1. The molecule has 1 fully saturated rings. The lowest BCUT2D eigenvalue weighted by Gasteiger charge is -2.34. The summed E-state index contributed by atoms with van der Waals surface area (Å²) in [6.45, 7) is 3.28. The largest absolute Gasteiger partial charge is 0.345 e. The van der Waals surface area contributed by atoms with Crippen LogP contribution < -0.4 is 4.90 Å². The maximum absolute atomic E-state index is 12.4. The van der Waals surface area contributed by atoms with Gasteiger partial charge in [0.15, 0.2) is 5.13 Å². The van der Waals surface area contributed by atoms with Gasteiger partial charge in [-0.05, 0) is 24.1 Å². The van der Waals surface area contributed by atoms with Crippen molar-refractivity contribution in [2.24, 2.45) is 0 Å². The summed E-state index contributed by atoms with van der Waals surface area (Å²) in [4.78, 5) is 21.5. The van der Waals surface area contributed by atoms with E-state index in [2.05, 4.69) is 29.2 Å². The third-order valence-corrected chi connectivity index (χ3v) is 5.75. The Kier molecular flexibility index (Phi) is 4.65. The fraction of sp³-hybridized carbons (Fsp3) is 0.300. The summed E-state index contributed by atoms with van der Waals surface area (Å²) in [6.07, 6.45) is 1.41. The number of hydrogen-bond acceptors (Lipinski definition) is 4. The molecule has 1 aromatic heterocycles. The van der Waals surface area contributed by atoms with E-state index in [9.17, 15) is 4.79 Å². The lowest BCUT2D eigenvalue weighted by molar-refractivity contribution is -0.131. The Hall–Kier alpha value is -2.40. The molecular weight excluding hydrogens is 330 g/mol. The molecule has 4 nitrogen and oxygen atoms in total. The van der Waals surface area contributed by atoms with Crippen LogP contribution in [0.1, 0.15) is 12.0 Å². The van der Waals surface area contributed by atoms with Crippen molar-refractivity contribution in [3.63, 3.8) is 0 Å². The van der Waals surface area contributed by atoms with Gasteiger partial charge in [0.2, 0.25) is 5.91 Å². The molecule has 0 spiro atoms. The van der Waals surface area contributed by atoms with E-state index in [-0.39, 0.29) is 5.91 Å². The number of rotatable bonds is 4. The van der Waals surface area contributed by atoms with Gasteiger partial charge < -0.3 is 9.80 Å². The van der Waals surface area contributed by atoms with E-state index in [0.29, 0.717) is 6.42 Å². The van der Waals surface area contributed by atoms with Crippen LogP contribution in [0.25, 0.3) is 10.2 Å². The maximum Gasteiger partial charge on any atom is 0.223 e. The maximum atomic E-state index is 12.4. The predicted octanol–water partition coefficient (Wildman–Crippen LogP) is 3.58. The molecule has 1 saturated heterocycles. The molecule has 2 aromatic carbocycles. The van der Waals surface area contributed by atoms with E-state index in [1.807, 2.05) is 35.2 Å². The summed E-state index contributed by atoms with van der Waals surface area (Å²) >= 11 is 1.73. The van der Waals surface area contributed by atoms with Crippen LogP contribution in [0.4, 0.5) is 5.13 Å². The molecular formula is C20H21N3OS. The summed E-state index contributed by atoms with van der Waals surface area (Å²) in [7, 11) is 0. The lowest BCUT2D eigenvalue weighted by atomic mass is 10.1. The predicted molar refractivity (Wildman–Crippen MR) is 103 cm³/mol. The van der Waals surface area contributed by atoms with Gasteiger partial charge >= 0.3 is 0 Å². The van der Waals surface area contributed by atoms with Crippen LogP contribution >= 0.6 is 11.3 Å². The Bertz CT molecular complexity index is 821. The van der Waals surface area contributed by atoms with Crippen molar-refractivity contribution < 1.29 is 4.79 Å². The smallest absolute Gasteiger partial charge is 0.223 e. The Morgan fingerprint density at radius 2 is 1.68 bits per heavy atom. The molecule has 0 bridgehead atoms. The molecule has 1 aliphatic heterocycles. The highest BCUT2D eigenvalue weighted by atomic mass is 32.1. The molecule has 2 heterocycles. The Labute approximate surface area is 151 Å². The number of anilines is 1. The third kappa shape index (κ3) is 3.66. The number of nitrogens with zero attached hydrogens (tertiary/aromatic N) is 3. The fourth-order valence-electron chi connectivity index (χ4n) is 3.20. The van der Waals surface area contributed by atoms with Gasteiger partial charge in [0.25, 0.3) is 0 Å². The number of piperazine rings is 1.